The SMILES string of the molecule is CCOCCCNC(=NCc1nnc(C)n1C)NCC(C(C)C)N1CCOCC1.I. The van der Waals surface area contributed by atoms with Gasteiger partial charge in [0, 0.05) is 52.5 Å². The molecule has 10 heteroatoms. The van der Waals surface area contributed by atoms with Gasteiger partial charge in [-0.05, 0) is 26.2 Å². The van der Waals surface area contributed by atoms with Crippen LogP contribution in [0.3, 0.4) is 0 Å². The maximum Gasteiger partial charge on any atom is 0.191 e. The Morgan fingerprint density at radius 1 is 1.23 bits per heavy atom. The second kappa shape index (κ2) is 14.9. The highest BCUT2D eigenvalue weighted by atomic mass is 127. The Bertz CT molecular complexity index is 618. The Kier molecular flexibility index (Phi) is 13.5. The lowest BCUT2D eigenvalue weighted by molar-refractivity contribution is 0.00752. The molecule has 1 aromatic rings. The largest absolute Gasteiger partial charge is 0.382 e. The summed E-state index contributed by atoms with van der Waals surface area (Å²) in [6.45, 7) is 15.7. The van der Waals surface area contributed by atoms with Gasteiger partial charge in [0.1, 0.15) is 12.4 Å². The van der Waals surface area contributed by atoms with Crippen molar-refractivity contribution in [3.05, 3.63) is 11.6 Å². The molecule has 0 saturated carbocycles. The molecule has 1 fully saturated rings. The van der Waals surface area contributed by atoms with Crippen molar-refractivity contribution in [3.63, 3.8) is 0 Å². The van der Waals surface area contributed by atoms with Gasteiger partial charge in [0.25, 0.3) is 0 Å². The van der Waals surface area contributed by atoms with Crippen LogP contribution < -0.4 is 10.6 Å². The molecule has 174 valence electrons. The second-order valence-electron chi connectivity index (χ2n) is 7.71. The number of ether oxygens (including phenoxy) is 2. The van der Waals surface area contributed by atoms with Gasteiger partial charge in [-0.3, -0.25) is 4.90 Å². The number of hydrogen-bond acceptors (Lipinski definition) is 6. The van der Waals surface area contributed by atoms with Crippen molar-refractivity contribution in [2.75, 3.05) is 52.6 Å². The van der Waals surface area contributed by atoms with E-state index in [0.717, 1.165) is 76.6 Å². The fraction of sp³-hybridized carbons (Fsp3) is 0.850. The first-order chi connectivity index (χ1) is 14.0. The van der Waals surface area contributed by atoms with E-state index in [0.29, 0.717) is 18.5 Å². The summed E-state index contributed by atoms with van der Waals surface area (Å²) in [6.07, 6.45) is 0.939. The molecule has 0 amide bonds. The molecule has 1 unspecified atom stereocenters. The van der Waals surface area contributed by atoms with Crippen molar-refractivity contribution in [2.45, 2.75) is 46.7 Å². The van der Waals surface area contributed by atoms with Crippen LogP contribution in [-0.2, 0) is 23.1 Å². The molecule has 30 heavy (non-hydrogen) atoms. The maximum absolute atomic E-state index is 5.52. The Morgan fingerprint density at radius 2 is 1.97 bits per heavy atom. The zero-order valence-corrected chi connectivity index (χ0v) is 21.5. The third kappa shape index (κ3) is 9.03. The van der Waals surface area contributed by atoms with E-state index in [1.165, 1.54) is 0 Å². The molecule has 1 aliphatic heterocycles. The maximum atomic E-state index is 5.52. The molecular weight excluding hydrogens is 497 g/mol. The van der Waals surface area contributed by atoms with Gasteiger partial charge >= 0.3 is 0 Å². The predicted octanol–water partition coefficient (Wildman–Crippen LogP) is 1.56. The van der Waals surface area contributed by atoms with E-state index < -0.39 is 0 Å². The average molecular weight is 537 g/mol. The molecule has 1 atom stereocenters. The molecule has 0 spiro atoms. The number of aromatic nitrogens is 3. The number of halogens is 1. The van der Waals surface area contributed by atoms with Gasteiger partial charge < -0.3 is 24.7 Å². The van der Waals surface area contributed by atoms with Crippen LogP contribution in [-0.4, -0.2) is 84.3 Å². The van der Waals surface area contributed by atoms with Gasteiger partial charge in [0.2, 0.25) is 0 Å². The van der Waals surface area contributed by atoms with E-state index in [-0.39, 0.29) is 24.0 Å². The molecule has 2 heterocycles. The molecule has 1 saturated heterocycles. The highest BCUT2D eigenvalue weighted by Crippen LogP contribution is 2.12. The minimum Gasteiger partial charge on any atom is -0.382 e. The van der Waals surface area contributed by atoms with Crippen molar-refractivity contribution >= 4 is 29.9 Å². The number of hydrogen-bond donors (Lipinski definition) is 2. The Labute approximate surface area is 198 Å². The monoisotopic (exact) mass is 537 g/mol. The highest BCUT2D eigenvalue weighted by molar-refractivity contribution is 14.0. The van der Waals surface area contributed by atoms with Crippen LogP contribution >= 0.6 is 24.0 Å². The van der Waals surface area contributed by atoms with Crippen molar-refractivity contribution in [1.29, 1.82) is 0 Å². The van der Waals surface area contributed by atoms with Gasteiger partial charge in [-0.1, -0.05) is 13.8 Å². The Balaban J connectivity index is 0.00000450. The Morgan fingerprint density at radius 3 is 2.57 bits per heavy atom. The fourth-order valence-electron chi connectivity index (χ4n) is 3.33. The van der Waals surface area contributed by atoms with Crippen LogP contribution in [0.2, 0.25) is 0 Å². The molecule has 1 aliphatic rings. The van der Waals surface area contributed by atoms with E-state index in [2.05, 4.69) is 39.6 Å². The smallest absolute Gasteiger partial charge is 0.191 e. The van der Waals surface area contributed by atoms with Gasteiger partial charge in [0.05, 0.1) is 13.2 Å². The summed E-state index contributed by atoms with van der Waals surface area (Å²) in [6, 6.07) is 0.436. The second-order valence-corrected chi connectivity index (χ2v) is 7.71. The van der Waals surface area contributed by atoms with Gasteiger partial charge in [-0.15, -0.1) is 34.2 Å². The van der Waals surface area contributed by atoms with E-state index in [9.17, 15) is 0 Å². The number of aryl methyl sites for hydroxylation is 1. The van der Waals surface area contributed by atoms with Gasteiger partial charge in [0.15, 0.2) is 11.8 Å². The Hall–Kier alpha value is -0.980. The van der Waals surface area contributed by atoms with Crippen LogP contribution in [0.4, 0.5) is 0 Å². The van der Waals surface area contributed by atoms with E-state index in [1.807, 2.05) is 25.5 Å². The number of aliphatic imine (C=N–C) groups is 1. The summed E-state index contributed by atoms with van der Waals surface area (Å²) < 4.78 is 12.9. The summed E-state index contributed by atoms with van der Waals surface area (Å²) in [4.78, 5) is 7.26. The molecule has 2 rings (SSSR count). The molecule has 0 aliphatic carbocycles. The number of rotatable bonds is 11. The van der Waals surface area contributed by atoms with Crippen molar-refractivity contribution < 1.29 is 9.47 Å². The van der Waals surface area contributed by atoms with Crippen LogP contribution in [0, 0.1) is 12.8 Å². The number of guanidine groups is 1. The summed E-state index contributed by atoms with van der Waals surface area (Å²) >= 11 is 0. The minimum absolute atomic E-state index is 0. The third-order valence-electron chi connectivity index (χ3n) is 5.29. The first kappa shape index (κ1) is 27.1. The molecular formula is C20H40IN7O2. The summed E-state index contributed by atoms with van der Waals surface area (Å²) in [5, 5.41) is 15.3. The van der Waals surface area contributed by atoms with Crippen LogP contribution in [0.5, 0.6) is 0 Å². The molecule has 0 radical (unpaired) electrons. The molecule has 2 N–H and O–H groups in total. The van der Waals surface area contributed by atoms with E-state index >= 15 is 0 Å². The topological polar surface area (TPSA) is 88.8 Å². The third-order valence-corrected chi connectivity index (χ3v) is 5.29. The minimum atomic E-state index is 0. The number of nitrogens with one attached hydrogen (secondary N) is 2. The van der Waals surface area contributed by atoms with Gasteiger partial charge in [-0.25, -0.2) is 4.99 Å². The standard InChI is InChI=1S/C20H39N7O2.HI/c1-6-28-11-7-8-21-20(23-15-19-25-24-17(4)26(19)5)22-14-18(16(2)3)27-9-12-29-13-10-27;/h16,18H,6-15H2,1-5H3,(H2,21,22,23);1H. The van der Waals surface area contributed by atoms with E-state index in [4.69, 9.17) is 14.5 Å². The van der Waals surface area contributed by atoms with Crippen LogP contribution in [0.1, 0.15) is 38.8 Å². The number of morpholine rings is 1. The lowest BCUT2D eigenvalue weighted by Gasteiger charge is -2.37. The molecule has 0 bridgehead atoms. The zero-order valence-electron chi connectivity index (χ0n) is 19.2. The quantitative estimate of drug-likeness (QED) is 0.192. The normalized spacial score (nSPS) is 16.4. The van der Waals surface area contributed by atoms with Crippen LogP contribution in [0.15, 0.2) is 4.99 Å². The lowest BCUT2D eigenvalue weighted by atomic mass is 10.0. The van der Waals surface area contributed by atoms with E-state index in [1.54, 1.807) is 0 Å². The fourth-order valence-corrected chi connectivity index (χ4v) is 3.33. The molecule has 9 nitrogen and oxygen atoms in total. The first-order valence-electron chi connectivity index (χ1n) is 10.8. The molecule has 0 aromatic carbocycles. The summed E-state index contributed by atoms with van der Waals surface area (Å²) in [7, 11) is 1.97. The summed E-state index contributed by atoms with van der Waals surface area (Å²) in [5.74, 6) is 3.09. The predicted molar refractivity (Wildman–Crippen MR) is 130 cm³/mol. The highest BCUT2D eigenvalue weighted by Gasteiger charge is 2.24. The van der Waals surface area contributed by atoms with Crippen molar-refractivity contribution in [3.8, 4) is 0 Å². The first-order valence-corrected chi connectivity index (χ1v) is 10.8. The van der Waals surface area contributed by atoms with Crippen molar-refractivity contribution in [1.82, 2.24) is 30.3 Å². The number of nitrogens with zero attached hydrogens (tertiary/aromatic N) is 5. The average Bonchev–Trinajstić information content (AvgIpc) is 3.04. The molecule has 1 aromatic heterocycles. The van der Waals surface area contributed by atoms with Gasteiger partial charge in [-0.2, -0.15) is 0 Å². The lowest BCUT2D eigenvalue weighted by Crippen LogP contribution is -2.52. The van der Waals surface area contributed by atoms with Crippen molar-refractivity contribution in [2.24, 2.45) is 18.0 Å². The zero-order chi connectivity index (χ0) is 21.1. The van der Waals surface area contributed by atoms with Crippen LogP contribution in [0.25, 0.3) is 0 Å². The summed E-state index contributed by atoms with van der Waals surface area (Å²) in [5.41, 5.74) is 0.